The predicted octanol–water partition coefficient (Wildman–Crippen LogP) is 1.33. The third kappa shape index (κ3) is 1.11. The number of carbonyl (C=O) groups is 1. The summed E-state index contributed by atoms with van der Waals surface area (Å²) in [6.07, 6.45) is 0. The Morgan fingerprint density at radius 1 is 1.80 bits per heavy atom. The van der Waals surface area contributed by atoms with E-state index in [1.54, 1.807) is 0 Å². The van der Waals surface area contributed by atoms with Crippen molar-refractivity contribution >= 4 is 17.6 Å². The van der Waals surface area contributed by atoms with Gasteiger partial charge in [0.05, 0.1) is 0 Å². The molecule has 0 aliphatic heterocycles. The van der Waals surface area contributed by atoms with Crippen LogP contribution in [0.25, 0.3) is 0 Å². The van der Waals surface area contributed by atoms with Gasteiger partial charge in [-0.3, -0.25) is 0 Å². The van der Waals surface area contributed by atoms with E-state index in [0.29, 0.717) is 0 Å². The summed E-state index contributed by atoms with van der Waals surface area (Å²) in [5.41, 5.74) is -0.237. The SMILES string of the molecule is Cc1nc(C(=O)O)c(Cl)o1. The lowest BCUT2D eigenvalue weighted by Gasteiger charge is -1.80. The third-order valence-corrected chi connectivity index (χ3v) is 1.15. The highest BCUT2D eigenvalue weighted by molar-refractivity contribution is 6.31. The maximum atomic E-state index is 10.2. The highest BCUT2D eigenvalue weighted by Crippen LogP contribution is 2.15. The van der Waals surface area contributed by atoms with Crippen LogP contribution in [0.3, 0.4) is 0 Å². The summed E-state index contributed by atoms with van der Waals surface area (Å²) in [6, 6.07) is 0. The van der Waals surface area contributed by atoms with Gasteiger partial charge in [-0.2, -0.15) is 0 Å². The average Bonchev–Trinajstić information content (AvgIpc) is 2.10. The molecule has 0 saturated carbocycles. The van der Waals surface area contributed by atoms with Crippen LogP contribution in [0.15, 0.2) is 4.42 Å². The number of aromatic carboxylic acids is 1. The molecule has 0 unspecified atom stereocenters. The highest BCUT2D eigenvalue weighted by atomic mass is 35.5. The average molecular weight is 162 g/mol. The number of carboxylic acid groups (broad SMARTS) is 1. The van der Waals surface area contributed by atoms with E-state index in [0.717, 1.165) is 0 Å². The lowest BCUT2D eigenvalue weighted by molar-refractivity contribution is 0.0690. The van der Waals surface area contributed by atoms with Crippen LogP contribution in [0.2, 0.25) is 5.22 Å². The Morgan fingerprint density at radius 3 is 2.60 bits per heavy atom. The monoisotopic (exact) mass is 161 g/mol. The molecule has 0 aromatic carbocycles. The molecule has 0 bridgehead atoms. The third-order valence-electron chi connectivity index (χ3n) is 0.895. The van der Waals surface area contributed by atoms with Gasteiger partial charge in [-0.1, -0.05) is 0 Å². The number of oxazole rings is 1. The molecule has 10 heavy (non-hydrogen) atoms. The van der Waals surface area contributed by atoms with E-state index < -0.39 is 5.97 Å². The van der Waals surface area contributed by atoms with Crippen LogP contribution in [0, 0.1) is 6.92 Å². The summed E-state index contributed by atoms with van der Waals surface area (Å²) >= 11 is 5.33. The molecule has 0 amide bonds. The first-order chi connectivity index (χ1) is 4.61. The van der Waals surface area contributed by atoms with E-state index in [9.17, 15) is 4.79 Å². The summed E-state index contributed by atoms with van der Waals surface area (Å²) in [5.74, 6) is -0.927. The van der Waals surface area contributed by atoms with Gasteiger partial charge in [0, 0.05) is 6.92 Å². The molecule has 0 fully saturated rings. The van der Waals surface area contributed by atoms with Gasteiger partial charge in [0.2, 0.25) is 10.9 Å². The molecule has 0 saturated heterocycles. The number of aryl methyl sites for hydroxylation is 1. The van der Waals surface area contributed by atoms with Gasteiger partial charge in [0.25, 0.3) is 0 Å². The van der Waals surface area contributed by atoms with Gasteiger partial charge in [-0.25, -0.2) is 9.78 Å². The number of nitrogens with zero attached hydrogens (tertiary/aromatic N) is 1. The fourth-order valence-electron chi connectivity index (χ4n) is 0.534. The smallest absolute Gasteiger partial charge is 0.359 e. The van der Waals surface area contributed by atoms with Crippen LogP contribution in [-0.2, 0) is 0 Å². The number of hydrogen-bond acceptors (Lipinski definition) is 3. The minimum atomic E-state index is -1.18. The van der Waals surface area contributed by atoms with Gasteiger partial charge in [0.15, 0.2) is 5.89 Å². The fourth-order valence-corrected chi connectivity index (χ4v) is 0.769. The quantitative estimate of drug-likeness (QED) is 0.675. The van der Waals surface area contributed by atoms with Crippen molar-refractivity contribution in [2.75, 3.05) is 0 Å². The van der Waals surface area contributed by atoms with Crippen molar-refractivity contribution < 1.29 is 14.3 Å². The Labute approximate surface area is 61.4 Å². The first-order valence-corrected chi connectivity index (χ1v) is 2.85. The van der Waals surface area contributed by atoms with Crippen molar-refractivity contribution in [1.29, 1.82) is 0 Å². The standard InChI is InChI=1S/C5H4ClNO3/c1-2-7-3(5(8)9)4(6)10-2/h1H3,(H,8,9). The van der Waals surface area contributed by atoms with Crippen molar-refractivity contribution in [1.82, 2.24) is 4.98 Å². The number of halogens is 1. The molecule has 1 rings (SSSR count). The van der Waals surface area contributed by atoms with Crippen molar-refractivity contribution in [3.05, 3.63) is 16.8 Å². The lowest BCUT2D eigenvalue weighted by Crippen LogP contribution is -1.96. The molecule has 4 nitrogen and oxygen atoms in total. The zero-order valence-electron chi connectivity index (χ0n) is 5.09. The largest absolute Gasteiger partial charge is 0.476 e. The molecule has 1 N–H and O–H groups in total. The summed E-state index contributed by atoms with van der Waals surface area (Å²) in [6.45, 7) is 1.53. The molecular weight excluding hydrogens is 158 g/mol. The van der Waals surface area contributed by atoms with E-state index in [4.69, 9.17) is 16.7 Å². The van der Waals surface area contributed by atoms with Crippen LogP contribution >= 0.6 is 11.6 Å². The molecule has 0 radical (unpaired) electrons. The minimum Gasteiger partial charge on any atom is -0.476 e. The second kappa shape index (κ2) is 2.30. The summed E-state index contributed by atoms with van der Waals surface area (Å²) < 4.78 is 4.65. The van der Waals surface area contributed by atoms with Crippen molar-refractivity contribution in [2.45, 2.75) is 6.92 Å². The van der Waals surface area contributed by atoms with Gasteiger partial charge in [-0.15, -0.1) is 0 Å². The number of aromatic nitrogens is 1. The Hall–Kier alpha value is -1.03. The van der Waals surface area contributed by atoms with Gasteiger partial charge in [0.1, 0.15) is 0 Å². The minimum absolute atomic E-state index is 0.176. The molecule has 54 valence electrons. The zero-order valence-corrected chi connectivity index (χ0v) is 5.84. The number of rotatable bonds is 1. The van der Waals surface area contributed by atoms with Crippen molar-refractivity contribution in [3.8, 4) is 0 Å². The Morgan fingerprint density at radius 2 is 2.40 bits per heavy atom. The molecule has 0 aliphatic carbocycles. The number of carboxylic acids is 1. The van der Waals surface area contributed by atoms with Gasteiger partial charge in [-0.05, 0) is 11.6 Å². The molecule has 0 atom stereocenters. The molecule has 1 aromatic heterocycles. The summed E-state index contributed by atoms with van der Waals surface area (Å²) in [5, 5.41) is 8.20. The molecule has 1 aromatic rings. The van der Waals surface area contributed by atoms with Crippen molar-refractivity contribution in [2.24, 2.45) is 0 Å². The Bertz CT molecular complexity index is 268. The second-order valence-corrected chi connectivity index (χ2v) is 2.00. The van der Waals surface area contributed by atoms with Crippen LogP contribution in [0.4, 0.5) is 0 Å². The van der Waals surface area contributed by atoms with Crippen LogP contribution in [-0.4, -0.2) is 16.1 Å². The molecule has 0 spiro atoms. The molecule has 1 heterocycles. The maximum Gasteiger partial charge on any atom is 0.359 e. The van der Waals surface area contributed by atoms with Crippen molar-refractivity contribution in [3.63, 3.8) is 0 Å². The maximum absolute atomic E-state index is 10.2. The van der Waals surface area contributed by atoms with E-state index in [1.807, 2.05) is 0 Å². The second-order valence-electron chi connectivity index (χ2n) is 1.66. The zero-order chi connectivity index (χ0) is 7.72. The first-order valence-electron chi connectivity index (χ1n) is 2.47. The molecule has 0 aliphatic rings. The normalized spacial score (nSPS) is 9.80. The first kappa shape index (κ1) is 7.08. The fraction of sp³-hybridized carbons (Fsp3) is 0.200. The van der Waals surface area contributed by atoms with Crippen LogP contribution in [0.1, 0.15) is 16.4 Å². The Balaban J connectivity index is 3.15. The number of hydrogen-bond donors (Lipinski definition) is 1. The summed E-state index contributed by atoms with van der Waals surface area (Å²) in [7, 11) is 0. The molecular formula is C5H4ClNO3. The topological polar surface area (TPSA) is 63.3 Å². The predicted molar refractivity (Wildman–Crippen MR) is 33.2 cm³/mol. The lowest BCUT2D eigenvalue weighted by atomic mass is 10.5. The van der Waals surface area contributed by atoms with E-state index in [1.165, 1.54) is 6.92 Å². The Kier molecular flexibility index (Phi) is 1.63. The van der Waals surface area contributed by atoms with E-state index in [-0.39, 0.29) is 16.8 Å². The molecule has 5 heteroatoms. The van der Waals surface area contributed by atoms with Crippen LogP contribution < -0.4 is 0 Å². The van der Waals surface area contributed by atoms with Crippen LogP contribution in [0.5, 0.6) is 0 Å². The van der Waals surface area contributed by atoms with Gasteiger partial charge < -0.3 is 9.52 Å². The van der Waals surface area contributed by atoms with E-state index >= 15 is 0 Å². The van der Waals surface area contributed by atoms with E-state index in [2.05, 4.69) is 9.40 Å². The highest BCUT2D eigenvalue weighted by Gasteiger charge is 2.14. The summed E-state index contributed by atoms with van der Waals surface area (Å²) in [4.78, 5) is 13.7. The van der Waals surface area contributed by atoms with Gasteiger partial charge >= 0.3 is 5.97 Å².